The Morgan fingerprint density at radius 1 is 0.939 bits per heavy atom. The van der Waals surface area contributed by atoms with Gasteiger partial charge in [0.25, 0.3) is 15.9 Å². The first-order valence-corrected chi connectivity index (χ1v) is 11.7. The van der Waals surface area contributed by atoms with Gasteiger partial charge in [-0.05, 0) is 49.4 Å². The molecule has 0 radical (unpaired) electrons. The second-order valence-corrected chi connectivity index (χ2v) is 8.84. The summed E-state index contributed by atoms with van der Waals surface area (Å²) >= 11 is 0. The number of hydrogen-bond donors (Lipinski definition) is 0. The Kier molecular flexibility index (Phi) is 6.50. The number of ether oxygens (including phenoxy) is 1. The molecule has 1 aromatic heterocycles. The lowest BCUT2D eigenvalue weighted by Crippen LogP contribution is -2.30. The van der Waals surface area contributed by atoms with Crippen molar-refractivity contribution in [3.8, 4) is 11.5 Å². The number of rotatable bonds is 8. The molecule has 8 nitrogen and oxygen atoms in total. The van der Waals surface area contributed by atoms with E-state index in [1.54, 1.807) is 31.2 Å². The SMILES string of the molecule is CCN(c1ccccc1)S(=O)(=O)c1cccc(C(=O)OCc2nnc(-c3ccccc3)o2)c1. The van der Waals surface area contributed by atoms with Gasteiger partial charge in [-0.2, -0.15) is 0 Å². The zero-order chi connectivity index (χ0) is 23.3. The highest BCUT2D eigenvalue weighted by atomic mass is 32.2. The third kappa shape index (κ3) is 4.93. The summed E-state index contributed by atoms with van der Waals surface area (Å²) in [4.78, 5) is 12.6. The van der Waals surface area contributed by atoms with Crippen molar-refractivity contribution in [1.82, 2.24) is 10.2 Å². The Morgan fingerprint density at radius 2 is 1.64 bits per heavy atom. The summed E-state index contributed by atoms with van der Waals surface area (Å²) in [6.07, 6.45) is 0. The van der Waals surface area contributed by atoms with Gasteiger partial charge in [-0.1, -0.05) is 42.5 Å². The van der Waals surface area contributed by atoms with Crippen LogP contribution in [-0.2, 0) is 21.4 Å². The van der Waals surface area contributed by atoms with Gasteiger partial charge in [0.05, 0.1) is 16.1 Å². The molecule has 9 heteroatoms. The van der Waals surface area contributed by atoms with E-state index in [0.29, 0.717) is 11.6 Å². The second-order valence-electron chi connectivity index (χ2n) is 6.98. The van der Waals surface area contributed by atoms with Crippen molar-refractivity contribution in [3.63, 3.8) is 0 Å². The molecule has 4 aromatic rings. The van der Waals surface area contributed by atoms with Gasteiger partial charge in [-0.25, -0.2) is 13.2 Å². The molecule has 0 aliphatic heterocycles. The predicted molar refractivity (Wildman–Crippen MR) is 122 cm³/mol. The molecule has 0 saturated heterocycles. The molecule has 0 aliphatic rings. The van der Waals surface area contributed by atoms with Crippen molar-refractivity contribution < 1.29 is 22.4 Å². The molecular weight excluding hydrogens is 442 g/mol. The fourth-order valence-electron chi connectivity index (χ4n) is 3.22. The lowest BCUT2D eigenvalue weighted by atomic mass is 10.2. The number of hydrogen-bond acceptors (Lipinski definition) is 7. The normalized spacial score (nSPS) is 11.2. The minimum atomic E-state index is -3.87. The van der Waals surface area contributed by atoms with Crippen LogP contribution in [0.15, 0.2) is 94.2 Å². The lowest BCUT2D eigenvalue weighted by Gasteiger charge is -2.23. The molecule has 0 fully saturated rings. The van der Waals surface area contributed by atoms with Crippen molar-refractivity contribution in [3.05, 3.63) is 96.4 Å². The van der Waals surface area contributed by atoms with Crippen LogP contribution in [0.5, 0.6) is 0 Å². The number of para-hydroxylation sites is 1. The van der Waals surface area contributed by atoms with Crippen molar-refractivity contribution in [2.45, 2.75) is 18.4 Å². The molecule has 33 heavy (non-hydrogen) atoms. The first-order chi connectivity index (χ1) is 16.0. The van der Waals surface area contributed by atoms with Crippen LogP contribution in [-0.4, -0.2) is 31.1 Å². The molecule has 1 heterocycles. The summed E-state index contributed by atoms with van der Waals surface area (Å²) in [6, 6.07) is 23.7. The number of nitrogens with zero attached hydrogens (tertiary/aromatic N) is 3. The molecule has 4 rings (SSSR count). The van der Waals surface area contributed by atoms with E-state index in [9.17, 15) is 13.2 Å². The van der Waals surface area contributed by atoms with Crippen LogP contribution in [0.25, 0.3) is 11.5 Å². The van der Waals surface area contributed by atoms with E-state index in [2.05, 4.69) is 10.2 Å². The van der Waals surface area contributed by atoms with Gasteiger partial charge in [0.15, 0.2) is 6.61 Å². The van der Waals surface area contributed by atoms with Crippen molar-refractivity contribution in [2.24, 2.45) is 0 Å². The minimum Gasteiger partial charge on any atom is -0.452 e. The zero-order valence-electron chi connectivity index (χ0n) is 17.8. The van der Waals surface area contributed by atoms with Crippen LogP contribution in [0.4, 0.5) is 5.69 Å². The van der Waals surface area contributed by atoms with E-state index >= 15 is 0 Å². The maximum absolute atomic E-state index is 13.2. The first-order valence-electron chi connectivity index (χ1n) is 10.2. The van der Waals surface area contributed by atoms with Crippen LogP contribution in [0.1, 0.15) is 23.2 Å². The topological polar surface area (TPSA) is 103 Å². The third-order valence-corrected chi connectivity index (χ3v) is 6.70. The molecule has 0 saturated carbocycles. The maximum atomic E-state index is 13.2. The summed E-state index contributed by atoms with van der Waals surface area (Å²) in [7, 11) is -3.87. The number of sulfonamides is 1. The Morgan fingerprint density at radius 3 is 2.33 bits per heavy atom. The molecule has 0 spiro atoms. The Labute approximate surface area is 191 Å². The molecule has 0 amide bonds. The smallest absolute Gasteiger partial charge is 0.338 e. The second kappa shape index (κ2) is 9.66. The Bertz CT molecular complexity index is 1340. The molecule has 168 valence electrons. The highest BCUT2D eigenvalue weighted by molar-refractivity contribution is 7.92. The van der Waals surface area contributed by atoms with Gasteiger partial charge in [-0.15, -0.1) is 10.2 Å². The van der Waals surface area contributed by atoms with Crippen molar-refractivity contribution >= 4 is 21.7 Å². The Balaban J connectivity index is 1.48. The van der Waals surface area contributed by atoms with Gasteiger partial charge in [0.1, 0.15) is 0 Å². The molecular formula is C24H21N3O5S. The molecule has 0 aliphatic carbocycles. The lowest BCUT2D eigenvalue weighted by molar-refractivity contribution is 0.0438. The van der Waals surface area contributed by atoms with Crippen LogP contribution in [0.3, 0.4) is 0 Å². The van der Waals surface area contributed by atoms with Crippen LogP contribution < -0.4 is 4.31 Å². The predicted octanol–water partition coefficient (Wildman–Crippen LogP) is 4.31. The number of anilines is 1. The zero-order valence-corrected chi connectivity index (χ0v) is 18.6. The van der Waals surface area contributed by atoms with E-state index in [4.69, 9.17) is 9.15 Å². The first kappa shape index (κ1) is 22.2. The molecule has 0 atom stereocenters. The number of benzene rings is 3. The average Bonchev–Trinajstić information content (AvgIpc) is 3.33. The van der Waals surface area contributed by atoms with Gasteiger partial charge < -0.3 is 9.15 Å². The number of esters is 1. The molecule has 0 unspecified atom stereocenters. The summed E-state index contributed by atoms with van der Waals surface area (Å²) in [5.41, 5.74) is 1.39. The van der Waals surface area contributed by atoms with Gasteiger partial charge in [0.2, 0.25) is 5.89 Å². The summed E-state index contributed by atoms with van der Waals surface area (Å²) in [6.45, 7) is 1.75. The van der Waals surface area contributed by atoms with E-state index in [1.165, 1.54) is 28.6 Å². The minimum absolute atomic E-state index is 0.00759. The largest absolute Gasteiger partial charge is 0.452 e. The number of carbonyl (C=O) groups is 1. The quantitative estimate of drug-likeness (QED) is 0.359. The molecule has 3 aromatic carbocycles. The highest BCUT2D eigenvalue weighted by Gasteiger charge is 2.24. The van der Waals surface area contributed by atoms with E-state index < -0.39 is 16.0 Å². The van der Waals surface area contributed by atoms with Gasteiger partial charge in [0, 0.05) is 12.1 Å². The van der Waals surface area contributed by atoms with E-state index in [-0.39, 0.29) is 29.5 Å². The average molecular weight is 464 g/mol. The van der Waals surface area contributed by atoms with Gasteiger partial charge in [-0.3, -0.25) is 4.31 Å². The summed E-state index contributed by atoms with van der Waals surface area (Å²) in [5, 5.41) is 7.83. The van der Waals surface area contributed by atoms with E-state index in [0.717, 1.165) is 5.56 Å². The van der Waals surface area contributed by atoms with Crippen LogP contribution >= 0.6 is 0 Å². The fraction of sp³-hybridized carbons (Fsp3) is 0.125. The monoisotopic (exact) mass is 463 g/mol. The van der Waals surface area contributed by atoms with Crippen molar-refractivity contribution in [2.75, 3.05) is 10.8 Å². The van der Waals surface area contributed by atoms with E-state index in [1.807, 2.05) is 36.4 Å². The number of carbonyl (C=O) groups excluding carboxylic acids is 1. The molecule has 0 bridgehead atoms. The highest BCUT2D eigenvalue weighted by Crippen LogP contribution is 2.24. The molecule has 0 N–H and O–H groups in total. The van der Waals surface area contributed by atoms with Crippen LogP contribution in [0, 0.1) is 0 Å². The summed E-state index contributed by atoms with van der Waals surface area (Å²) < 4.78 is 38.5. The van der Waals surface area contributed by atoms with Crippen LogP contribution in [0.2, 0.25) is 0 Å². The standard InChI is InChI=1S/C24H21N3O5S/c1-2-27(20-13-7-4-8-14-20)33(29,30)21-15-9-12-19(16-21)24(28)31-17-22-25-26-23(32-22)18-10-5-3-6-11-18/h3-16H,2,17H2,1H3. The third-order valence-electron chi connectivity index (χ3n) is 4.80. The summed E-state index contributed by atoms with van der Waals surface area (Å²) in [5.74, 6) is -0.253. The fourth-order valence-corrected chi connectivity index (χ4v) is 4.74. The maximum Gasteiger partial charge on any atom is 0.338 e. The Hall–Kier alpha value is -3.98. The number of aromatic nitrogens is 2. The van der Waals surface area contributed by atoms with Gasteiger partial charge >= 0.3 is 5.97 Å². The van der Waals surface area contributed by atoms with Crippen molar-refractivity contribution in [1.29, 1.82) is 0 Å².